The summed E-state index contributed by atoms with van der Waals surface area (Å²) < 4.78 is 7.40. The Morgan fingerprint density at radius 3 is 2.56 bits per heavy atom. The summed E-state index contributed by atoms with van der Waals surface area (Å²) in [6, 6.07) is 4.19. The van der Waals surface area contributed by atoms with Crippen LogP contribution < -0.4 is 5.69 Å². The number of benzene rings is 1. The fraction of sp³-hybridized carbons (Fsp3) is 0.550. The average Bonchev–Trinajstić information content (AvgIpc) is 2.91. The summed E-state index contributed by atoms with van der Waals surface area (Å²) in [7, 11) is 0. The monoisotopic (exact) mass is 341 g/mol. The van der Waals surface area contributed by atoms with E-state index in [9.17, 15) is 4.79 Å². The lowest BCUT2D eigenvalue weighted by molar-refractivity contribution is -0.0147. The molecule has 1 saturated heterocycles. The highest BCUT2D eigenvalue weighted by atomic mass is 16.5. The third kappa shape index (κ3) is 2.85. The maximum Gasteiger partial charge on any atom is 0.330 e. The van der Waals surface area contributed by atoms with Crippen LogP contribution in [0.25, 0.3) is 16.7 Å². The number of aryl methyl sites for hydroxylation is 2. The van der Waals surface area contributed by atoms with E-state index >= 15 is 0 Å². The topological polar surface area (TPSA) is 50.3 Å². The minimum absolute atomic E-state index is 0.0306. The Hall–Kier alpha value is -1.85. The molecule has 1 aromatic carbocycles. The van der Waals surface area contributed by atoms with Crippen molar-refractivity contribution in [2.45, 2.75) is 45.6 Å². The number of hydrogen-bond acceptors (Lipinski definition) is 3. The lowest BCUT2D eigenvalue weighted by Gasteiger charge is -2.45. The van der Waals surface area contributed by atoms with Crippen LogP contribution >= 0.6 is 0 Å². The maximum atomic E-state index is 12.5. The highest BCUT2D eigenvalue weighted by Crippen LogP contribution is 2.31. The molecule has 2 aromatic rings. The quantitative estimate of drug-likeness (QED) is 0.913. The highest BCUT2D eigenvalue weighted by molar-refractivity contribution is 5.81. The van der Waals surface area contributed by atoms with Gasteiger partial charge in [-0.25, -0.2) is 4.79 Å². The van der Waals surface area contributed by atoms with Crippen LogP contribution in [0.15, 0.2) is 23.0 Å². The van der Waals surface area contributed by atoms with Gasteiger partial charge in [-0.2, -0.15) is 0 Å². The fourth-order valence-corrected chi connectivity index (χ4v) is 4.13. The third-order valence-electron chi connectivity index (χ3n) is 6.10. The van der Waals surface area contributed by atoms with Gasteiger partial charge in [0.2, 0.25) is 0 Å². The average molecular weight is 341 g/mol. The molecule has 5 heteroatoms. The molecule has 4 rings (SSSR count). The van der Waals surface area contributed by atoms with E-state index < -0.39 is 0 Å². The van der Waals surface area contributed by atoms with Crippen molar-refractivity contribution in [1.29, 1.82) is 0 Å². The molecular weight excluding hydrogens is 314 g/mol. The zero-order valence-corrected chi connectivity index (χ0v) is 15.4. The number of aromatic amines is 1. The van der Waals surface area contributed by atoms with Crippen LogP contribution in [-0.2, 0) is 4.74 Å². The first-order valence-electron chi connectivity index (χ1n) is 9.22. The smallest absolute Gasteiger partial charge is 0.330 e. The summed E-state index contributed by atoms with van der Waals surface area (Å²) >= 11 is 0. The van der Waals surface area contributed by atoms with Gasteiger partial charge in [-0.1, -0.05) is 6.08 Å². The van der Waals surface area contributed by atoms with Crippen molar-refractivity contribution >= 4 is 16.7 Å². The molecule has 0 aliphatic carbocycles. The number of nitrogens with zero attached hydrogens (tertiary/aromatic N) is 2. The van der Waals surface area contributed by atoms with Gasteiger partial charge in [0.25, 0.3) is 0 Å². The van der Waals surface area contributed by atoms with E-state index in [0.717, 1.165) is 62.3 Å². The Morgan fingerprint density at radius 1 is 1.16 bits per heavy atom. The predicted molar refractivity (Wildman–Crippen MR) is 101 cm³/mol. The molecule has 1 N–H and O–H groups in total. The molecule has 2 aliphatic rings. The number of imidazole rings is 1. The molecule has 5 nitrogen and oxygen atoms in total. The number of hydrogen-bond donors (Lipinski definition) is 1. The summed E-state index contributed by atoms with van der Waals surface area (Å²) in [5.41, 5.74) is 5.64. The van der Waals surface area contributed by atoms with Crippen molar-refractivity contribution in [2.24, 2.45) is 0 Å². The number of fused-ring (bicyclic) bond motifs is 1. The van der Waals surface area contributed by atoms with Crippen molar-refractivity contribution in [3.63, 3.8) is 0 Å². The summed E-state index contributed by atoms with van der Waals surface area (Å²) in [5.74, 6) is 0. The molecule has 0 amide bonds. The Balaban J connectivity index is 1.65. The normalized spacial score (nSPS) is 21.5. The minimum atomic E-state index is -0.0306. The molecule has 134 valence electrons. The van der Waals surface area contributed by atoms with E-state index in [-0.39, 0.29) is 11.2 Å². The molecule has 0 atom stereocenters. The van der Waals surface area contributed by atoms with Crippen LogP contribution in [0.1, 0.15) is 37.3 Å². The maximum absolute atomic E-state index is 12.5. The Bertz CT molecular complexity index is 884. The van der Waals surface area contributed by atoms with E-state index in [0.29, 0.717) is 0 Å². The highest BCUT2D eigenvalue weighted by Gasteiger charge is 2.34. The van der Waals surface area contributed by atoms with Crippen molar-refractivity contribution in [2.75, 3.05) is 26.3 Å². The zero-order chi connectivity index (χ0) is 17.6. The van der Waals surface area contributed by atoms with Crippen LogP contribution in [0.3, 0.4) is 0 Å². The largest absolute Gasteiger partial charge is 0.381 e. The van der Waals surface area contributed by atoms with Crippen LogP contribution in [0.2, 0.25) is 0 Å². The first-order chi connectivity index (χ1) is 12.0. The second kappa shape index (κ2) is 6.15. The first-order valence-corrected chi connectivity index (χ1v) is 9.22. The van der Waals surface area contributed by atoms with E-state index in [1.165, 1.54) is 11.1 Å². The van der Waals surface area contributed by atoms with Crippen LogP contribution in [-0.4, -0.2) is 46.3 Å². The Morgan fingerprint density at radius 2 is 1.88 bits per heavy atom. The van der Waals surface area contributed by atoms with Gasteiger partial charge in [0.1, 0.15) is 0 Å². The molecular formula is C20H27N3O2. The molecule has 1 aromatic heterocycles. The zero-order valence-electron chi connectivity index (χ0n) is 15.4. The van der Waals surface area contributed by atoms with Gasteiger partial charge in [-0.05, 0) is 56.9 Å². The molecule has 0 saturated carbocycles. The second-order valence-electron chi connectivity index (χ2n) is 7.72. The van der Waals surface area contributed by atoms with E-state index in [4.69, 9.17) is 4.74 Å². The number of ether oxygens (including phenoxy) is 1. The third-order valence-corrected chi connectivity index (χ3v) is 6.10. The van der Waals surface area contributed by atoms with Gasteiger partial charge in [-0.15, -0.1) is 0 Å². The molecule has 1 fully saturated rings. The van der Waals surface area contributed by atoms with Crippen LogP contribution in [0.5, 0.6) is 0 Å². The first kappa shape index (κ1) is 16.6. The summed E-state index contributed by atoms with van der Waals surface area (Å²) in [5, 5.41) is 0. The summed E-state index contributed by atoms with van der Waals surface area (Å²) in [6.07, 6.45) is 5.30. The molecule has 0 radical (unpaired) electrons. The fourth-order valence-electron chi connectivity index (χ4n) is 4.13. The van der Waals surface area contributed by atoms with Crippen molar-refractivity contribution in [3.05, 3.63) is 39.8 Å². The Kier molecular flexibility index (Phi) is 4.08. The van der Waals surface area contributed by atoms with Crippen molar-refractivity contribution < 1.29 is 4.74 Å². The molecule has 0 spiro atoms. The lowest BCUT2D eigenvalue weighted by Crippen LogP contribution is -2.51. The van der Waals surface area contributed by atoms with E-state index in [2.05, 4.69) is 48.9 Å². The molecule has 0 unspecified atom stereocenters. The molecule has 2 aliphatic heterocycles. The Labute approximate surface area is 148 Å². The van der Waals surface area contributed by atoms with Gasteiger partial charge in [0, 0.05) is 44.0 Å². The minimum Gasteiger partial charge on any atom is -0.381 e. The van der Waals surface area contributed by atoms with Crippen molar-refractivity contribution in [1.82, 2.24) is 14.5 Å². The SMILES string of the molecule is Cc1cc2[nH]c(=O)n(C3=CCN(C4(C)CCOCC4)CC3)c2cc1C. The van der Waals surface area contributed by atoms with Gasteiger partial charge in [0.15, 0.2) is 0 Å². The second-order valence-corrected chi connectivity index (χ2v) is 7.72. The lowest BCUT2D eigenvalue weighted by atomic mass is 9.89. The number of H-pyrrole nitrogens is 1. The predicted octanol–water partition coefficient (Wildman–Crippen LogP) is 3.06. The number of aromatic nitrogens is 2. The van der Waals surface area contributed by atoms with Gasteiger partial charge < -0.3 is 9.72 Å². The van der Waals surface area contributed by atoms with Crippen LogP contribution in [0.4, 0.5) is 0 Å². The van der Waals surface area contributed by atoms with E-state index in [1.807, 2.05) is 4.57 Å². The molecule has 0 bridgehead atoms. The van der Waals surface area contributed by atoms with Gasteiger partial charge >= 0.3 is 5.69 Å². The van der Waals surface area contributed by atoms with Crippen LogP contribution in [0, 0.1) is 13.8 Å². The van der Waals surface area contributed by atoms with Gasteiger partial charge in [0.05, 0.1) is 11.0 Å². The summed E-state index contributed by atoms with van der Waals surface area (Å²) in [6.45, 7) is 10.1. The van der Waals surface area contributed by atoms with Gasteiger partial charge in [-0.3, -0.25) is 9.47 Å². The summed E-state index contributed by atoms with van der Waals surface area (Å²) in [4.78, 5) is 18.1. The van der Waals surface area contributed by atoms with Crippen molar-refractivity contribution in [3.8, 4) is 0 Å². The number of nitrogens with one attached hydrogen (secondary N) is 1. The molecule has 25 heavy (non-hydrogen) atoms. The molecule has 3 heterocycles. The van der Waals surface area contributed by atoms with E-state index in [1.54, 1.807) is 0 Å². The standard InChI is InChI=1S/C20H27N3O2/c1-14-12-17-18(13-15(14)2)23(19(24)21-17)16-4-8-22(9-5-16)20(3)6-10-25-11-7-20/h4,12-13H,5-11H2,1-3H3,(H,21,24). The number of rotatable bonds is 2.